The first kappa shape index (κ1) is 19.6. The highest BCUT2D eigenvalue weighted by Crippen LogP contribution is 2.25. The van der Waals surface area contributed by atoms with Gasteiger partial charge in [-0.25, -0.2) is 14.8 Å². The fourth-order valence-corrected chi connectivity index (χ4v) is 3.45. The molecule has 1 atom stereocenters. The van der Waals surface area contributed by atoms with Gasteiger partial charge in [-0.3, -0.25) is 14.2 Å². The van der Waals surface area contributed by atoms with Gasteiger partial charge in [-0.2, -0.15) is 0 Å². The molecule has 28 heavy (non-hydrogen) atoms. The molecule has 0 amide bonds. The van der Waals surface area contributed by atoms with Crippen molar-refractivity contribution in [2.75, 3.05) is 12.3 Å². The van der Waals surface area contributed by atoms with E-state index in [1.165, 1.54) is 11.5 Å². The minimum Gasteiger partial charge on any atom is -0.465 e. The smallest absolute Gasteiger partial charge is 0.328 e. The number of carbonyl (C=O) groups excluding carboxylic acids is 2. The third kappa shape index (κ3) is 4.06. The second kappa shape index (κ2) is 8.26. The number of aromatic nitrogens is 4. The van der Waals surface area contributed by atoms with Crippen LogP contribution in [0.5, 0.6) is 0 Å². The lowest BCUT2D eigenvalue weighted by Gasteiger charge is -2.11. The minimum atomic E-state index is -1.11. The van der Waals surface area contributed by atoms with Gasteiger partial charge in [0, 0.05) is 0 Å². The molecule has 0 radical (unpaired) electrons. The molecule has 10 heteroatoms. The molecule has 0 fully saturated rings. The number of anilines is 1. The number of esters is 1. The molecule has 146 valence electrons. The third-order valence-electron chi connectivity index (χ3n) is 3.91. The van der Waals surface area contributed by atoms with Crippen molar-refractivity contribution in [3.63, 3.8) is 0 Å². The summed E-state index contributed by atoms with van der Waals surface area (Å²) in [5.74, 6) is -0.998. The zero-order chi connectivity index (χ0) is 20.3. The number of nitrogens with two attached hydrogens (primary N) is 1. The van der Waals surface area contributed by atoms with Gasteiger partial charge in [0.15, 0.2) is 27.7 Å². The number of benzene rings is 1. The Labute approximate surface area is 164 Å². The van der Waals surface area contributed by atoms with Crippen LogP contribution in [-0.4, -0.2) is 43.1 Å². The van der Waals surface area contributed by atoms with Gasteiger partial charge in [0.1, 0.15) is 5.52 Å². The van der Waals surface area contributed by atoms with Crippen molar-refractivity contribution >= 4 is 40.5 Å². The van der Waals surface area contributed by atoms with Crippen molar-refractivity contribution in [1.29, 1.82) is 0 Å². The van der Waals surface area contributed by atoms with Gasteiger partial charge in [0.2, 0.25) is 0 Å². The second-order valence-corrected chi connectivity index (χ2v) is 7.02. The van der Waals surface area contributed by atoms with E-state index < -0.39 is 11.2 Å². The topological polar surface area (TPSA) is 133 Å². The lowest BCUT2D eigenvalue weighted by atomic mass is 10.2. The Morgan fingerprint density at radius 3 is 2.64 bits per heavy atom. The third-order valence-corrected chi connectivity index (χ3v) is 5.06. The van der Waals surface area contributed by atoms with Crippen LogP contribution in [0.2, 0.25) is 0 Å². The fraction of sp³-hybridized carbons (Fsp3) is 0.278. The Kier molecular flexibility index (Phi) is 5.78. The van der Waals surface area contributed by atoms with Gasteiger partial charge >= 0.3 is 11.7 Å². The van der Waals surface area contributed by atoms with Gasteiger partial charge in [-0.15, -0.1) is 0 Å². The van der Waals surface area contributed by atoms with E-state index in [1.807, 2.05) is 30.3 Å². The van der Waals surface area contributed by atoms with E-state index in [4.69, 9.17) is 10.5 Å². The van der Waals surface area contributed by atoms with Crippen LogP contribution >= 0.6 is 11.8 Å². The van der Waals surface area contributed by atoms with Gasteiger partial charge in [-0.1, -0.05) is 42.1 Å². The molecule has 0 aliphatic rings. The largest absolute Gasteiger partial charge is 0.465 e. The summed E-state index contributed by atoms with van der Waals surface area (Å²) in [6.45, 7) is 3.38. The molecule has 0 aliphatic heterocycles. The summed E-state index contributed by atoms with van der Waals surface area (Å²) in [5, 5.41) is -0.996. The molecule has 1 unspecified atom stereocenters. The lowest BCUT2D eigenvalue weighted by Crippen LogP contribution is -2.27. The number of nitrogen functional groups attached to an aromatic ring is 1. The molecule has 2 heterocycles. The summed E-state index contributed by atoms with van der Waals surface area (Å²) in [7, 11) is 0. The summed E-state index contributed by atoms with van der Waals surface area (Å²) < 4.78 is 6.36. The van der Waals surface area contributed by atoms with Crippen molar-refractivity contribution in [3.05, 3.63) is 46.4 Å². The molecule has 0 saturated heterocycles. The van der Waals surface area contributed by atoms with Crippen LogP contribution in [0.4, 0.5) is 5.82 Å². The van der Waals surface area contributed by atoms with Crippen LogP contribution in [-0.2, 0) is 20.9 Å². The molecule has 0 aliphatic carbocycles. The van der Waals surface area contributed by atoms with Crippen molar-refractivity contribution < 1.29 is 14.3 Å². The van der Waals surface area contributed by atoms with Crippen molar-refractivity contribution in [3.8, 4) is 0 Å². The van der Waals surface area contributed by atoms with Crippen molar-refractivity contribution in [2.24, 2.45) is 0 Å². The van der Waals surface area contributed by atoms with Crippen LogP contribution in [0.3, 0.4) is 0 Å². The number of carbonyl (C=O) groups is 2. The second-order valence-electron chi connectivity index (χ2n) is 5.95. The summed E-state index contributed by atoms with van der Waals surface area (Å²) in [6.07, 6.45) is 0. The van der Waals surface area contributed by atoms with Crippen molar-refractivity contribution in [1.82, 2.24) is 19.5 Å². The monoisotopic (exact) mass is 401 g/mol. The zero-order valence-electron chi connectivity index (χ0n) is 15.3. The van der Waals surface area contributed by atoms with Gasteiger partial charge < -0.3 is 15.5 Å². The number of aromatic amines is 1. The molecule has 0 saturated carbocycles. The highest BCUT2D eigenvalue weighted by molar-refractivity contribution is 8.01. The number of fused-ring (bicyclic) bond motifs is 1. The molecule has 1 aromatic carbocycles. The fourth-order valence-electron chi connectivity index (χ4n) is 2.62. The van der Waals surface area contributed by atoms with E-state index in [2.05, 4.69) is 15.0 Å². The molecule has 2 aromatic heterocycles. The number of ether oxygens (including phenoxy) is 1. The first-order chi connectivity index (χ1) is 13.4. The van der Waals surface area contributed by atoms with Crippen LogP contribution in [0.1, 0.15) is 19.4 Å². The number of H-pyrrole nitrogens is 1. The highest BCUT2D eigenvalue weighted by atomic mass is 32.2. The van der Waals surface area contributed by atoms with Crippen LogP contribution in [0.15, 0.2) is 40.3 Å². The quantitative estimate of drug-likeness (QED) is 0.262. The molecular weight excluding hydrogens is 382 g/mol. The predicted octanol–water partition coefficient (Wildman–Crippen LogP) is 1.36. The maximum atomic E-state index is 12.4. The van der Waals surface area contributed by atoms with E-state index in [1.54, 1.807) is 6.92 Å². The summed E-state index contributed by atoms with van der Waals surface area (Å²) in [4.78, 5) is 47.4. The van der Waals surface area contributed by atoms with E-state index in [0.717, 1.165) is 17.3 Å². The first-order valence-electron chi connectivity index (χ1n) is 8.54. The van der Waals surface area contributed by atoms with Gasteiger partial charge in [0.05, 0.1) is 13.2 Å². The number of rotatable bonds is 7. The molecule has 3 N–H and O–H groups in total. The number of hydrogen-bond acceptors (Lipinski definition) is 8. The van der Waals surface area contributed by atoms with Crippen LogP contribution < -0.4 is 11.4 Å². The zero-order valence-corrected chi connectivity index (χ0v) is 16.2. The SMILES string of the molecule is CCOC(=O)C(Sc1nc(N)c2[nH]c(=O)n(Cc3ccccc3)c2n1)C(C)=O. The first-order valence-corrected chi connectivity index (χ1v) is 9.42. The Balaban J connectivity index is 2.01. The van der Waals surface area contributed by atoms with Crippen LogP contribution in [0.25, 0.3) is 11.2 Å². The number of ketones is 1. The molecule has 0 bridgehead atoms. The molecule has 9 nitrogen and oxygen atoms in total. The predicted molar refractivity (Wildman–Crippen MR) is 105 cm³/mol. The minimum absolute atomic E-state index is 0.0579. The molecule has 3 rings (SSSR count). The van der Waals surface area contributed by atoms with E-state index in [9.17, 15) is 14.4 Å². The Morgan fingerprint density at radius 1 is 1.29 bits per heavy atom. The van der Waals surface area contributed by atoms with E-state index in [0.29, 0.717) is 11.2 Å². The van der Waals surface area contributed by atoms with Crippen molar-refractivity contribution in [2.45, 2.75) is 30.8 Å². The molecular formula is C18H19N5O4S. The summed E-state index contributed by atoms with van der Waals surface area (Å²) >= 11 is 0.843. The number of hydrogen-bond donors (Lipinski definition) is 2. The normalized spacial score (nSPS) is 12.1. The average molecular weight is 401 g/mol. The Bertz CT molecular complexity index is 1080. The van der Waals surface area contributed by atoms with Gasteiger partial charge in [-0.05, 0) is 19.4 Å². The number of thioether (sulfide) groups is 1. The summed E-state index contributed by atoms with van der Waals surface area (Å²) in [5.41, 5.74) is 7.11. The highest BCUT2D eigenvalue weighted by Gasteiger charge is 2.28. The van der Waals surface area contributed by atoms with Gasteiger partial charge in [0.25, 0.3) is 0 Å². The van der Waals surface area contributed by atoms with Crippen LogP contribution in [0, 0.1) is 0 Å². The maximum Gasteiger partial charge on any atom is 0.328 e. The average Bonchev–Trinajstić information content (AvgIpc) is 2.97. The molecule has 0 spiro atoms. The van der Waals surface area contributed by atoms with E-state index >= 15 is 0 Å². The Morgan fingerprint density at radius 2 is 2.00 bits per heavy atom. The molecule has 3 aromatic rings. The number of nitrogens with zero attached hydrogens (tertiary/aromatic N) is 3. The summed E-state index contributed by atoms with van der Waals surface area (Å²) in [6, 6.07) is 9.40. The maximum absolute atomic E-state index is 12.4. The number of imidazole rings is 1. The standard InChI is InChI=1S/C18H19N5O4S/c1-3-27-16(25)13(10(2)24)28-17-21-14(19)12-15(22-17)23(18(26)20-12)9-11-7-5-4-6-8-11/h4-8,13H,3,9H2,1-2H3,(H,20,26)(H2,19,21,22). The van der Waals surface area contributed by atoms with E-state index in [-0.39, 0.29) is 35.6 Å². The Hall–Kier alpha value is -3.14. The number of nitrogens with one attached hydrogen (secondary N) is 1. The lowest BCUT2D eigenvalue weighted by molar-refractivity contribution is -0.144. The number of Topliss-reactive ketones (excluding diaryl/α,β-unsaturated/α-hetero) is 1.